The topological polar surface area (TPSA) is 30.5 Å². The highest BCUT2D eigenvalue weighted by atomic mass is 19.1. The molecule has 16 heavy (non-hydrogen) atoms. The lowest BCUT2D eigenvalue weighted by atomic mass is 9.90. The zero-order chi connectivity index (χ0) is 11.0. The lowest BCUT2D eigenvalue weighted by Crippen LogP contribution is -2.29. The van der Waals surface area contributed by atoms with Crippen molar-refractivity contribution < 1.29 is 13.9 Å². The summed E-state index contributed by atoms with van der Waals surface area (Å²) in [7, 11) is 0. The van der Waals surface area contributed by atoms with E-state index in [1.165, 1.54) is 6.07 Å². The molecule has 1 saturated heterocycles. The van der Waals surface area contributed by atoms with E-state index in [-0.39, 0.29) is 18.5 Å². The van der Waals surface area contributed by atoms with E-state index < -0.39 is 0 Å². The molecule has 2 aliphatic rings. The summed E-state index contributed by atoms with van der Waals surface area (Å²) in [6.07, 6.45) is 2.08. The Morgan fingerprint density at radius 1 is 1.31 bits per heavy atom. The van der Waals surface area contributed by atoms with Gasteiger partial charge in [0.25, 0.3) is 0 Å². The first-order valence-electron chi connectivity index (χ1n) is 5.65. The molecule has 3 rings (SSSR count). The van der Waals surface area contributed by atoms with Crippen LogP contribution >= 0.6 is 0 Å². The van der Waals surface area contributed by atoms with Gasteiger partial charge in [0.1, 0.15) is 5.82 Å². The highest BCUT2D eigenvalue weighted by Gasteiger charge is 2.27. The minimum Gasteiger partial charge on any atom is -0.454 e. The first-order chi connectivity index (χ1) is 7.86. The molecule has 86 valence electrons. The van der Waals surface area contributed by atoms with Crippen LogP contribution in [0.5, 0.6) is 11.5 Å². The van der Waals surface area contributed by atoms with E-state index in [0.29, 0.717) is 17.1 Å². The highest BCUT2D eigenvalue weighted by molar-refractivity contribution is 5.50. The van der Waals surface area contributed by atoms with Crippen LogP contribution in [0, 0.1) is 5.82 Å². The molecule has 0 aromatic heterocycles. The van der Waals surface area contributed by atoms with Crippen LogP contribution in [0.3, 0.4) is 0 Å². The van der Waals surface area contributed by atoms with Crippen LogP contribution < -0.4 is 14.8 Å². The van der Waals surface area contributed by atoms with E-state index in [1.807, 2.05) is 0 Å². The minimum absolute atomic E-state index is 0.182. The summed E-state index contributed by atoms with van der Waals surface area (Å²) in [6.45, 7) is 2.03. The van der Waals surface area contributed by atoms with Crippen molar-refractivity contribution in [3.63, 3.8) is 0 Å². The number of halogens is 1. The van der Waals surface area contributed by atoms with Crippen molar-refractivity contribution >= 4 is 0 Å². The second kappa shape index (κ2) is 3.94. The summed E-state index contributed by atoms with van der Waals surface area (Å²) in [5, 5.41) is 3.29. The third-order valence-corrected chi connectivity index (χ3v) is 3.23. The van der Waals surface area contributed by atoms with Crippen LogP contribution in [0.15, 0.2) is 12.1 Å². The van der Waals surface area contributed by atoms with Gasteiger partial charge in [0, 0.05) is 18.0 Å². The van der Waals surface area contributed by atoms with E-state index in [0.717, 1.165) is 25.9 Å². The highest BCUT2D eigenvalue weighted by Crippen LogP contribution is 2.42. The van der Waals surface area contributed by atoms with Gasteiger partial charge < -0.3 is 14.8 Å². The molecule has 1 fully saturated rings. The van der Waals surface area contributed by atoms with Crippen molar-refractivity contribution in [3.05, 3.63) is 23.5 Å². The van der Waals surface area contributed by atoms with E-state index in [2.05, 4.69) is 5.32 Å². The zero-order valence-corrected chi connectivity index (χ0v) is 8.96. The molecule has 0 bridgehead atoms. The van der Waals surface area contributed by atoms with Gasteiger partial charge in [0.05, 0.1) is 0 Å². The zero-order valence-electron chi connectivity index (χ0n) is 8.96. The number of fused-ring (bicyclic) bond motifs is 1. The predicted molar refractivity (Wildman–Crippen MR) is 57.4 cm³/mol. The van der Waals surface area contributed by atoms with E-state index in [1.54, 1.807) is 6.07 Å². The third kappa shape index (κ3) is 1.53. The number of ether oxygens (including phenoxy) is 2. The molecule has 1 N–H and O–H groups in total. The Morgan fingerprint density at radius 3 is 3.06 bits per heavy atom. The molecule has 2 heterocycles. The van der Waals surface area contributed by atoms with Crippen LogP contribution in [0.1, 0.15) is 24.3 Å². The standard InChI is InChI=1S/C12H14FNO2/c13-9-3-4-10-12(16-7-15-10)11(9)8-2-1-5-14-6-8/h3-4,8,14H,1-2,5-7H2. The van der Waals surface area contributed by atoms with Gasteiger partial charge in [0.15, 0.2) is 11.5 Å². The number of hydrogen-bond acceptors (Lipinski definition) is 3. The molecule has 0 radical (unpaired) electrons. The van der Waals surface area contributed by atoms with Crippen molar-refractivity contribution in [3.8, 4) is 11.5 Å². The fourth-order valence-electron chi connectivity index (χ4n) is 2.45. The molecule has 0 amide bonds. The van der Waals surface area contributed by atoms with Crippen LogP contribution in [-0.2, 0) is 0 Å². The molecule has 0 spiro atoms. The summed E-state index contributed by atoms with van der Waals surface area (Å²) in [6, 6.07) is 3.11. The van der Waals surface area contributed by atoms with Crippen molar-refractivity contribution in [2.75, 3.05) is 19.9 Å². The van der Waals surface area contributed by atoms with Gasteiger partial charge in [-0.2, -0.15) is 0 Å². The molecule has 4 heteroatoms. The van der Waals surface area contributed by atoms with E-state index in [4.69, 9.17) is 9.47 Å². The normalized spacial score (nSPS) is 23.4. The molecule has 1 aromatic rings. The average Bonchev–Trinajstić information content (AvgIpc) is 2.78. The van der Waals surface area contributed by atoms with Crippen LogP contribution in [0.25, 0.3) is 0 Å². The lowest BCUT2D eigenvalue weighted by Gasteiger charge is -2.24. The average molecular weight is 223 g/mol. The van der Waals surface area contributed by atoms with Crippen molar-refractivity contribution in [1.82, 2.24) is 5.32 Å². The number of rotatable bonds is 1. The predicted octanol–water partition coefficient (Wildman–Crippen LogP) is 2.02. The Morgan fingerprint density at radius 2 is 2.25 bits per heavy atom. The van der Waals surface area contributed by atoms with Crippen molar-refractivity contribution in [1.29, 1.82) is 0 Å². The monoisotopic (exact) mass is 223 g/mol. The fourth-order valence-corrected chi connectivity index (χ4v) is 2.45. The Bertz CT molecular complexity index is 402. The van der Waals surface area contributed by atoms with E-state index >= 15 is 0 Å². The van der Waals surface area contributed by atoms with Gasteiger partial charge >= 0.3 is 0 Å². The molecule has 3 nitrogen and oxygen atoms in total. The van der Waals surface area contributed by atoms with Crippen LogP contribution in [0.4, 0.5) is 4.39 Å². The van der Waals surface area contributed by atoms with Gasteiger partial charge in [-0.25, -0.2) is 4.39 Å². The number of nitrogens with one attached hydrogen (secondary N) is 1. The quantitative estimate of drug-likeness (QED) is 0.790. The second-order valence-electron chi connectivity index (χ2n) is 4.24. The summed E-state index contributed by atoms with van der Waals surface area (Å²) >= 11 is 0. The largest absolute Gasteiger partial charge is 0.454 e. The van der Waals surface area contributed by atoms with Crippen molar-refractivity contribution in [2.24, 2.45) is 0 Å². The molecular weight excluding hydrogens is 209 g/mol. The summed E-state index contributed by atoms with van der Waals surface area (Å²) in [4.78, 5) is 0. The van der Waals surface area contributed by atoms with Gasteiger partial charge in [-0.05, 0) is 31.5 Å². The Hall–Kier alpha value is -1.29. The van der Waals surface area contributed by atoms with Crippen LogP contribution in [-0.4, -0.2) is 19.9 Å². The molecular formula is C12H14FNO2. The van der Waals surface area contributed by atoms with Gasteiger partial charge in [-0.15, -0.1) is 0 Å². The number of benzene rings is 1. The Kier molecular flexibility index (Phi) is 2.44. The molecule has 1 unspecified atom stereocenters. The summed E-state index contributed by atoms with van der Waals surface area (Å²) in [5.74, 6) is 1.29. The number of piperidine rings is 1. The van der Waals surface area contributed by atoms with Gasteiger partial charge in [-0.1, -0.05) is 0 Å². The molecule has 0 saturated carbocycles. The molecule has 2 aliphatic heterocycles. The third-order valence-electron chi connectivity index (χ3n) is 3.23. The SMILES string of the molecule is Fc1ccc2c(c1C1CCCNC1)OCO2. The summed E-state index contributed by atoms with van der Waals surface area (Å²) in [5.41, 5.74) is 0.683. The first kappa shape index (κ1) is 9.90. The molecule has 0 aliphatic carbocycles. The minimum atomic E-state index is -0.182. The maximum absolute atomic E-state index is 13.9. The Labute approximate surface area is 93.6 Å². The smallest absolute Gasteiger partial charge is 0.231 e. The first-order valence-corrected chi connectivity index (χ1v) is 5.65. The maximum atomic E-state index is 13.9. The van der Waals surface area contributed by atoms with Crippen LogP contribution in [0.2, 0.25) is 0 Å². The molecule has 1 atom stereocenters. The lowest BCUT2D eigenvalue weighted by molar-refractivity contribution is 0.172. The molecule has 1 aromatic carbocycles. The Balaban J connectivity index is 2.01. The summed E-state index contributed by atoms with van der Waals surface area (Å²) < 4.78 is 24.5. The second-order valence-corrected chi connectivity index (χ2v) is 4.24. The van der Waals surface area contributed by atoms with Crippen molar-refractivity contribution in [2.45, 2.75) is 18.8 Å². The van der Waals surface area contributed by atoms with Gasteiger partial charge in [0.2, 0.25) is 6.79 Å². The maximum Gasteiger partial charge on any atom is 0.231 e. The van der Waals surface area contributed by atoms with E-state index in [9.17, 15) is 4.39 Å². The van der Waals surface area contributed by atoms with Gasteiger partial charge in [-0.3, -0.25) is 0 Å². The fraction of sp³-hybridized carbons (Fsp3) is 0.500. The number of hydrogen-bond donors (Lipinski definition) is 1.